The van der Waals surface area contributed by atoms with Crippen LogP contribution in [0.3, 0.4) is 0 Å². The number of nitrogens with one attached hydrogen (secondary N) is 1. The number of carbonyl (C=O) groups is 1. The van der Waals surface area contributed by atoms with Crippen LogP contribution in [0.25, 0.3) is 0 Å². The fourth-order valence-corrected chi connectivity index (χ4v) is 2.91. The second kappa shape index (κ2) is 7.85. The minimum Gasteiger partial charge on any atom is -0.497 e. The summed E-state index contributed by atoms with van der Waals surface area (Å²) in [7, 11) is 1.64. The van der Waals surface area contributed by atoms with Crippen LogP contribution >= 0.6 is 0 Å². The molecule has 0 aliphatic carbocycles. The number of likely N-dealkylation sites (tertiary alicyclic amines) is 1. The topological polar surface area (TPSA) is 71.0 Å². The lowest BCUT2D eigenvalue weighted by Gasteiger charge is -2.23. The van der Waals surface area contributed by atoms with Crippen LogP contribution in [0.4, 0.5) is 4.79 Å². The highest BCUT2D eigenvalue weighted by Gasteiger charge is 2.33. The van der Waals surface area contributed by atoms with E-state index < -0.39 is 11.7 Å². The van der Waals surface area contributed by atoms with Crippen molar-refractivity contribution in [3.05, 3.63) is 29.8 Å². The molecule has 2 rings (SSSR count). The fraction of sp³-hybridized carbons (Fsp3) is 0.611. The van der Waals surface area contributed by atoms with Crippen LogP contribution < -0.4 is 10.1 Å². The predicted octanol–water partition coefficient (Wildman–Crippen LogP) is 2.16. The van der Waals surface area contributed by atoms with Crippen molar-refractivity contribution in [2.45, 2.75) is 51.4 Å². The highest BCUT2D eigenvalue weighted by Crippen LogP contribution is 2.22. The second-order valence-electron chi connectivity index (χ2n) is 7.19. The molecule has 0 spiro atoms. The smallest absolute Gasteiger partial charge is 0.407 e. The van der Waals surface area contributed by atoms with Gasteiger partial charge in [0.05, 0.1) is 13.7 Å². The molecule has 1 aromatic carbocycles. The lowest BCUT2D eigenvalue weighted by molar-refractivity contribution is 0.0505. The van der Waals surface area contributed by atoms with Crippen LogP contribution in [0.15, 0.2) is 24.3 Å². The van der Waals surface area contributed by atoms with Gasteiger partial charge in [-0.3, -0.25) is 4.90 Å². The molecule has 1 saturated heterocycles. The zero-order valence-electron chi connectivity index (χ0n) is 14.9. The Hall–Kier alpha value is -1.79. The van der Waals surface area contributed by atoms with E-state index in [1.165, 1.54) is 0 Å². The number of carbonyl (C=O) groups excluding carboxylic acids is 1. The van der Waals surface area contributed by atoms with Crippen LogP contribution in [0.2, 0.25) is 0 Å². The Morgan fingerprint density at radius 2 is 2.00 bits per heavy atom. The quantitative estimate of drug-likeness (QED) is 0.862. The average molecular weight is 336 g/mol. The molecule has 134 valence electrons. The summed E-state index contributed by atoms with van der Waals surface area (Å²) in [6.45, 7) is 7.01. The standard InChI is InChI=1S/C18H28N2O4/c1-18(2,3)24-17(22)19-14-9-15(12-21)20(11-14)10-13-5-7-16(23-4)8-6-13/h5-8,14-15,21H,9-12H2,1-4H3,(H,19,22). The molecule has 1 aliphatic heterocycles. The number of hydrogen-bond acceptors (Lipinski definition) is 5. The van der Waals surface area contributed by atoms with Crippen molar-refractivity contribution in [1.82, 2.24) is 10.2 Å². The monoisotopic (exact) mass is 336 g/mol. The van der Waals surface area contributed by atoms with Gasteiger partial charge in [0.25, 0.3) is 0 Å². The van der Waals surface area contributed by atoms with Crippen molar-refractivity contribution in [1.29, 1.82) is 0 Å². The van der Waals surface area contributed by atoms with Gasteiger partial charge < -0.3 is 19.9 Å². The highest BCUT2D eigenvalue weighted by molar-refractivity contribution is 5.68. The first kappa shape index (κ1) is 18.5. The van der Waals surface area contributed by atoms with Gasteiger partial charge in [-0.1, -0.05) is 12.1 Å². The third kappa shape index (κ3) is 5.39. The molecule has 0 aromatic heterocycles. The number of aliphatic hydroxyl groups is 1. The minimum atomic E-state index is -0.512. The van der Waals surface area contributed by atoms with Gasteiger partial charge in [-0.25, -0.2) is 4.79 Å². The van der Waals surface area contributed by atoms with Gasteiger partial charge in [0.2, 0.25) is 0 Å². The Morgan fingerprint density at radius 3 is 2.54 bits per heavy atom. The molecule has 6 nitrogen and oxygen atoms in total. The van der Waals surface area contributed by atoms with Crippen molar-refractivity contribution in [3.63, 3.8) is 0 Å². The maximum absolute atomic E-state index is 11.9. The molecule has 0 saturated carbocycles. The number of amides is 1. The summed E-state index contributed by atoms with van der Waals surface area (Å²) in [5, 5.41) is 12.5. The molecule has 6 heteroatoms. The molecule has 1 heterocycles. The number of ether oxygens (including phenoxy) is 2. The van der Waals surface area contributed by atoms with Crippen molar-refractivity contribution in [2.24, 2.45) is 0 Å². The first-order chi connectivity index (χ1) is 11.3. The van der Waals surface area contributed by atoms with E-state index in [1.807, 2.05) is 45.0 Å². The van der Waals surface area contributed by atoms with Crippen molar-refractivity contribution in [2.75, 3.05) is 20.3 Å². The van der Waals surface area contributed by atoms with Gasteiger partial charge in [0.15, 0.2) is 0 Å². The van der Waals surface area contributed by atoms with Crippen LogP contribution in [0, 0.1) is 0 Å². The van der Waals surface area contributed by atoms with Crippen LogP contribution in [0.5, 0.6) is 5.75 Å². The molecule has 2 atom stereocenters. The number of aliphatic hydroxyl groups excluding tert-OH is 1. The van der Waals surface area contributed by atoms with Gasteiger partial charge in [0, 0.05) is 25.2 Å². The summed E-state index contributed by atoms with van der Waals surface area (Å²) in [5.74, 6) is 0.823. The maximum Gasteiger partial charge on any atom is 0.407 e. The van der Waals surface area contributed by atoms with Crippen LogP contribution in [-0.4, -0.2) is 54.0 Å². The minimum absolute atomic E-state index is 0.0183. The van der Waals surface area contributed by atoms with Crippen LogP contribution in [-0.2, 0) is 11.3 Å². The summed E-state index contributed by atoms with van der Waals surface area (Å²) in [6, 6.07) is 7.90. The van der Waals surface area contributed by atoms with Gasteiger partial charge >= 0.3 is 6.09 Å². The predicted molar refractivity (Wildman–Crippen MR) is 92.1 cm³/mol. The third-order valence-corrected chi connectivity index (χ3v) is 4.00. The molecule has 2 N–H and O–H groups in total. The number of alkyl carbamates (subject to hydrolysis) is 1. The van der Waals surface area contributed by atoms with E-state index >= 15 is 0 Å². The number of nitrogens with zero attached hydrogens (tertiary/aromatic N) is 1. The largest absolute Gasteiger partial charge is 0.497 e. The molecule has 0 radical (unpaired) electrons. The SMILES string of the molecule is COc1ccc(CN2CC(NC(=O)OC(C)(C)C)CC2CO)cc1. The number of hydrogen-bond donors (Lipinski definition) is 2. The van der Waals surface area contributed by atoms with Gasteiger partial charge in [-0.15, -0.1) is 0 Å². The summed E-state index contributed by atoms with van der Waals surface area (Å²) >= 11 is 0. The molecule has 1 aromatic rings. The molecular formula is C18H28N2O4. The van der Waals surface area contributed by atoms with Crippen molar-refractivity contribution < 1.29 is 19.4 Å². The summed E-state index contributed by atoms with van der Waals surface area (Å²) in [6.07, 6.45) is 0.307. The van der Waals surface area contributed by atoms with E-state index in [4.69, 9.17) is 9.47 Å². The number of rotatable bonds is 5. The van der Waals surface area contributed by atoms with E-state index in [9.17, 15) is 9.90 Å². The van der Waals surface area contributed by atoms with Crippen molar-refractivity contribution in [3.8, 4) is 5.75 Å². The number of methoxy groups -OCH3 is 1. The normalized spacial score (nSPS) is 21.5. The Labute approximate surface area is 143 Å². The zero-order valence-corrected chi connectivity index (χ0v) is 14.9. The fourth-order valence-electron chi connectivity index (χ4n) is 2.91. The average Bonchev–Trinajstić information content (AvgIpc) is 2.87. The van der Waals surface area contributed by atoms with Gasteiger partial charge in [0.1, 0.15) is 11.4 Å². The first-order valence-corrected chi connectivity index (χ1v) is 8.28. The van der Waals surface area contributed by atoms with Crippen LogP contribution in [0.1, 0.15) is 32.8 Å². The highest BCUT2D eigenvalue weighted by atomic mass is 16.6. The molecule has 2 unspecified atom stereocenters. The van der Waals surface area contributed by atoms with Gasteiger partial charge in [-0.05, 0) is 44.9 Å². The Morgan fingerprint density at radius 1 is 1.33 bits per heavy atom. The molecule has 1 amide bonds. The molecule has 1 fully saturated rings. The Bertz CT molecular complexity index is 539. The van der Waals surface area contributed by atoms with E-state index in [-0.39, 0.29) is 18.7 Å². The van der Waals surface area contributed by atoms with Gasteiger partial charge in [-0.2, -0.15) is 0 Å². The number of benzene rings is 1. The summed E-state index contributed by atoms with van der Waals surface area (Å²) < 4.78 is 10.5. The third-order valence-electron chi connectivity index (χ3n) is 4.00. The van der Waals surface area contributed by atoms with E-state index in [0.717, 1.165) is 17.9 Å². The lowest BCUT2D eigenvalue weighted by Crippen LogP contribution is -2.40. The first-order valence-electron chi connectivity index (χ1n) is 8.28. The second-order valence-corrected chi connectivity index (χ2v) is 7.19. The van der Waals surface area contributed by atoms with E-state index in [0.29, 0.717) is 13.0 Å². The molecule has 0 bridgehead atoms. The molecular weight excluding hydrogens is 308 g/mol. The summed E-state index contributed by atoms with van der Waals surface area (Å²) in [4.78, 5) is 14.1. The van der Waals surface area contributed by atoms with E-state index in [2.05, 4.69) is 10.2 Å². The maximum atomic E-state index is 11.9. The lowest BCUT2D eigenvalue weighted by atomic mass is 10.1. The molecule has 1 aliphatic rings. The molecule has 24 heavy (non-hydrogen) atoms. The summed E-state index contributed by atoms with van der Waals surface area (Å²) in [5.41, 5.74) is 0.633. The van der Waals surface area contributed by atoms with E-state index in [1.54, 1.807) is 7.11 Å². The Kier molecular flexibility index (Phi) is 6.07. The zero-order chi connectivity index (χ0) is 17.7. The van der Waals surface area contributed by atoms with Crippen molar-refractivity contribution >= 4 is 6.09 Å². The Balaban J connectivity index is 1.92.